The summed E-state index contributed by atoms with van der Waals surface area (Å²) in [5.41, 5.74) is 1.79. The zero-order chi connectivity index (χ0) is 20.6. The first-order valence-corrected chi connectivity index (χ1v) is 9.82. The summed E-state index contributed by atoms with van der Waals surface area (Å²) in [6.45, 7) is 2.57. The minimum atomic E-state index is -0.216. The summed E-state index contributed by atoms with van der Waals surface area (Å²) < 4.78 is 5.72. The largest absolute Gasteiger partial charge is 0.441 e. The number of oxazole rings is 1. The van der Waals surface area contributed by atoms with E-state index in [4.69, 9.17) is 16.0 Å². The molecule has 0 aliphatic rings. The molecule has 0 radical (unpaired) electrons. The highest BCUT2D eigenvalue weighted by Crippen LogP contribution is 2.23. The molecule has 0 saturated heterocycles. The number of carbonyl (C=O) groups is 2. The number of halogens is 1. The predicted molar refractivity (Wildman–Crippen MR) is 113 cm³/mol. The maximum Gasteiger partial charge on any atom is 0.253 e. The first-order chi connectivity index (χ1) is 14.1. The number of nitrogens with zero attached hydrogens (tertiary/aromatic N) is 1. The Kier molecular flexibility index (Phi) is 7.03. The van der Waals surface area contributed by atoms with Crippen LogP contribution < -0.4 is 10.6 Å². The second-order valence-corrected chi connectivity index (χ2v) is 6.91. The van der Waals surface area contributed by atoms with Gasteiger partial charge in [0.15, 0.2) is 11.7 Å². The highest BCUT2D eigenvalue weighted by molar-refractivity contribution is 6.30. The molecule has 0 spiro atoms. The number of carbonyl (C=O) groups excluding carboxylic acids is 2. The van der Waals surface area contributed by atoms with Crippen molar-refractivity contribution >= 4 is 29.1 Å². The Balaban J connectivity index is 1.58. The molecule has 0 unspecified atom stereocenters. The van der Waals surface area contributed by atoms with E-state index < -0.39 is 0 Å². The van der Waals surface area contributed by atoms with Gasteiger partial charge in [0, 0.05) is 30.0 Å². The van der Waals surface area contributed by atoms with Crippen molar-refractivity contribution in [2.75, 3.05) is 11.9 Å². The van der Waals surface area contributed by atoms with Gasteiger partial charge in [0.05, 0.1) is 17.4 Å². The van der Waals surface area contributed by atoms with Crippen LogP contribution in [0.5, 0.6) is 0 Å². The number of nitrogens with one attached hydrogen (secondary N) is 2. The molecule has 150 valence electrons. The number of aryl methyl sites for hydroxylation is 1. The fourth-order valence-corrected chi connectivity index (χ4v) is 2.86. The molecule has 7 heteroatoms. The first-order valence-electron chi connectivity index (χ1n) is 9.44. The van der Waals surface area contributed by atoms with Crippen LogP contribution in [-0.2, 0) is 11.2 Å². The lowest BCUT2D eigenvalue weighted by Crippen LogP contribution is -2.25. The summed E-state index contributed by atoms with van der Waals surface area (Å²) in [6.07, 6.45) is 3.01. The molecule has 0 fully saturated rings. The normalized spacial score (nSPS) is 10.6. The van der Waals surface area contributed by atoms with Crippen molar-refractivity contribution in [3.63, 3.8) is 0 Å². The Morgan fingerprint density at radius 1 is 1.10 bits per heavy atom. The number of benzene rings is 2. The predicted octanol–water partition coefficient (Wildman–Crippen LogP) is 4.71. The van der Waals surface area contributed by atoms with Crippen molar-refractivity contribution in [2.24, 2.45) is 0 Å². The van der Waals surface area contributed by atoms with Crippen LogP contribution in [0.2, 0.25) is 5.02 Å². The first kappa shape index (κ1) is 20.6. The molecule has 0 aliphatic carbocycles. The quantitative estimate of drug-likeness (QED) is 0.562. The van der Waals surface area contributed by atoms with Crippen LogP contribution in [0.15, 0.2) is 59.1 Å². The van der Waals surface area contributed by atoms with Gasteiger partial charge in [0.2, 0.25) is 5.91 Å². The Morgan fingerprint density at radius 3 is 2.62 bits per heavy atom. The summed E-state index contributed by atoms with van der Waals surface area (Å²) in [5, 5.41) is 6.26. The highest BCUT2D eigenvalue weighted by atomic mass is 35.5. The van der Waals surface area contributed by atoms with Gasteiger partial charge in [-0.2, -0.15) is 0 Å². The average Bonchev–Trinajstić information content (AvgIpc) is 3.20. The second kappa shape index (κ2) is 9.89. The van der Waals surface area contributed by atoms with Gasteiger partial charge in [-0.25, -0.2) is 4.98 Å². The van der Waals surface area contributed by atoms with Crippen LogP contribution in [0.25, 0.3) is 11.3 Å². The minimum Gasteiger partial charge on any atom is -0.441 e. The van der Waals surface area contributed by atoms with Crippen LogP contribution in [0, 0.1) is 0 Å². The lowest BCUT2D eigenvalue weighted by atomic mass is 10.1. The van der Waals surface area contributed by atoms with Crippen molar-refractivity contribution in [3.05, 3.63) is 71.2 Å². The molecule has 3 aromatic rings. The number of hydrogen-bond acceptors (Lipinski definition) is 4. The van der Waals surface area contributed by atoms with E-state index >= 15 is 0 Å². The molecular formula is C22H22ClN3O3. The van der Waals surface area contributed by atoms with Crippen LogP contribution in [0.4, 0.5) is 5.69 Å². The molecule has 2 aromatic carbocycles. The van der Waals surface area contributed by atoms with E-state index in [1.807, 2.05) is 19.1 Å². The van der Waals surface area contributed by atoms with Crippen LogP contribution >= 0.6 is 11.6 Å². The van der Waals surface area contributed by atoms with Crippen LogP contribution in [0.3, 0.4) is 0 Å². The topological polar surface area (TPSA) is 84.2 Å². The Labute approximate surface area is 174 Å². The summed E-state index contributed by atoms with van der Waals surface area (Å²) in [6, 6.07) is 14.2. The number of rotatable bonds is 8. The zero-order valence-electron chi connectivity index (χ0n) is 16.1. The molecular weight excluding hydrogens is 390 g/mol. The molecule has 29 heavy (non-hydrogen) atoms. The number of aromatic nitrogens is 1. The standard InChI is InChI=1S/C22H22ClN3O3/c1-2-13-24-22(28)17-5-3-4-6-18(17)26-20(27)11-12-21-25-14-19(29-21)15-7-9-16(23)10-8-15/h3-10,14H,2,11-13H2,1H3,(H,24,28)(H,26,27). The maximum absolute atomic E-state index is 12.4. The van der Waals surface area contributed by atoms with E-state index in [2.05, 4.69) is 15.6 Å². The minimum absolute atomic E-state index is 0.186. The smallest absolute Gasteiger partial charge is 0.253 e. The van der Waals surface area contributed by atoms with Gasteiger partial charge in [0.1, 0.15) is 0 Å². The molecule has 1 heterocycles. The van der Waals surface area contributed by atoms with Gasteiger partial charge >= 0.3 is 0 Å². The summed E-state index contributed by atoms with van der Waals surface area (Å²) in [4.78, 5) is 28.8. The lowest BCUT2D eigenvalue weighted by Gasteiger charge is -2.10. The van der Waals surface area contributed by atoms with Crippen molar-refractivity contribution < 1.29 is 14.0 Å². The molecule has 2 amide bonds. The van der Waals surface area contributed by atoms with Crippen molar-refractivity contribution in [3.8, 4) is 11.3 Å². The van der Waals surface area contributed by atoms with Crippen LogP contribution in [-0.4, -0.2) is 23.3 Å². The summed E-state index contributed by atoms with van der Waals surface area (Å²) in [5.74, 6) is 0.670. The highest BCUT2D eigenvalue weighted by Gasteiger charge is 2.14. The fraction of sp³-hybridized carbons (Fsp3) is 0.227. The van der Waals surface area contributed by atoms with E-state index in [9.17, 15) is 9.59 Å². The van der Waals surface area contributed by atoms with Crippen molar-refractivity contribution in [2.45, 2.75) is 26.2 Å². The van der Waals surface area contributed by atoms with E-state index in [0.717, 1.165) is 12.0 Å². The third kappa shape index (κ3) is 5.68. The number of hydrogen-bond donors (Lipinski definition) is 2. The van der Waals surface area contributed by atoms with Gasteiger partial charge < -0.3 is 15.1 Å². The number of anilines is 1. The molecule has 6 nitrogen and oxygen atoms in total. The zero-order valence-corrected chi connectivity index (χ0v) is 16.8. The molecule has 2 N–H and O–H groups in total. The number of para-hydroxylation sites is 1. The molecule has 0 atom stereocenters. The van der Waals surface area contributed by atoms with E-state index in [0.29, 0.717) is 40.9 Å². The van der Waals surface area contributed by atoms with Gasteiger partial charge in [-0.05, 0) is 42.8 Å². The SMILES string of the molecule is CCCNC(=O)c1ccccc1NC(=O)CCc1ncc(-c2ccc(Cl)cc2)o1. The lowest BCUT2D eigenvalue weighted by molar-refractivity contribution is -0.116. The van der Waals surface area contributed by atoms with Crippen LogP contribution in [0.1, 0.15) is 36.0 Å². The Bertz CT molecular complexity index is 983. The molecule has 1 aromatic heterocycles. The monoisotopic (exact) mass is 411 g/mol. The van der Waals surface area contributed by atoms with E-state index in [-0.39, 0.29) is 18.2 Å². The number of amides is 2. The summed E-state index contributed by atoms with van der Waals surface area (Å²) in [7, 11) is 0. The van der Waals surface area contributed by atoms with E-state index in [1.54, 1.807) is 42.6 Å². The second-order valence-electron chi connectivity index (χ2n) is 6.47. The molecule has 0 saturated carbocycles. The van der Waals surface area contributed by atoms with Crippen molar-refractivity contribution in [1.82, 2.24) is 10.3 Å². The fourth-order valence-electron chi connectivity index (χ4n) is 2.73. The average molecular weight is 412 g/mol. The third-order valence-electron chi connectivity index (χ3n) is 4.23. The summed E-state index contributed by atoms with van der Waals surface area (Å²) >= 11 is 5.90. The van der Waals surface area contributed by atoms with Gasteiger partial charge in [-0.15, -0.1) is 0 Å². The third-order valence-corrected chi connectivity index (χ3v) is 4.48. The maximum atomic E-state index is 12.4. The Hall–Kier alpha value is -3.12. The van der Waals surface area contributed by atoms with E-state index in [1.165, 1.54) is 0 Å². The Morgan fingerprint density at radius 2 is 1.86 bits per heavy atom. The molecule has 0 aliphatic heterocycles. The molecule has 3 rings (SSSR count). The van der Waals surface area contributed by atoms with Gasteiger partial charge in [-0.1, -0.05) is 30.7 Å². The van der Waals surface area contributed by atoms with Crippen molar-refractivity contribution in [1.29, 1.82) is 0 Å². The molecule has 0 bridgehead atoms. The van der Waals surface area contributed by atoms with Gasteiger partial charge in [0.25, 0.3) is 5.91 Å². The van der Waals surface area contributed by atoms with Gasteiger partial charge in [-0.3, -0.25) is 9.59 Å².